The maximum Gasteiger partial charge on any atom is 0.328 e. The predicted molar refractivity (Wildman–Crippen MR) is 109 cm³/mol. The van der Waals surface area contributed by atoms with Crippen LogP contribution in [0.5, 0.6) is 0 Å². The highest BCUT2D eigenvalue weighted by atomic mass is 79.9. The molecule has 0 aromatic heterocycles. The molecule has 1 saturated heterocycles. The van der Waals surface area contributed by atoms with Gasteiger partial charge in [-0.3, -0.25) is 0 Å². The van der Waals surface area contributed by atoms with Crippen LogP contribution in [0.2, 0.25) is 0 Å². The number of hydrogen-bond donors (Lipinski definition) is 1. The normalized spacial score (nSPS) is 24.1. The Morgan fingerprint density at radius 3 is 2.71 bits per heavy atom. The molecule has 1 fully saturated rings. The Labute approximate surface area is 173 Å². The highest BCUT2D eigenvalue weighted by molar-refractivity contribution is 9.10. The van der Waals surface area contributed by atoms with Gasteiger partial charge in [0.25, 0.3) is 0 Å². The minimum Gasteiger partial charge on any atom is -0.464 e. The number of sulfonamides is 1. The van der Waals surface area contributed by atoms with Crippen LogP contribution in [0.1, 0.15) is 24.9 Å². The number of carbonyl (C=O) groups excluding carboxylic acids is 1. The van der Waals surface area contributed by atoms with Crippen LogP contribution in [0.4, 0.5) is 5.69 Å². The zero-order valence-corrected chi connectivity index (χ0v) is 17.7. The molecule has 2 aliphatic heterocycles. The molecule has 3 atom stereocenters. The second kappa shape index (κ2) is 7.50. The van der Waals surface area contributed by atoms with Gasteiger partial charge in [0.15, 0.2) is 0 Å². The number of fused-ring (bicyclic) bond motifs is 3. The molecule has 148 valence electrons. The van der Waals surface area contributed by atoms with Crippen molar-refractivity contribution in [2.45, 2.75) is 30.3 Å². The zero-order chi connectivity index (χ0) is 19.9. The van der Waals surface area contributed by atoms with E-state index in [2.05, 4.69) is 21.2 Å². The van der Waals surface area contributed by atoms with Crippen molar-refractivity contribution in [1.29, 1.82) is 0 Å². The molecule has 8 heteroatoms. The average molecular weight is 465 g/mol. The lowest BCUT2D eigenvalue weighted by Gasteiger charge is -2.38. The van der Waals surface area contributed by atoms with Crippen LogP contribution in [0.15, 0.2) is 57.9 Å². The Kier molecular flexibility index (Phi) is 5.20. The fraction of sp³-hybridized carbons (Fsp3) is 0.350. The zero-order valence-electron chi connectivity index (χ0n) is 15.3. The summed E-state index contributed by atoms with van der Waals surface area (Å²) in [6, 6.07) is 13.1. The minimum atomic E-state index is -3.69. The van der Waals surface area contributed by atoms with Crippen LogP contribution in [0, 0.1) is 5.92 Å². The molecule has 4 rings (SSSR count). The molecule has 2 aromatic carbocycles. The third-order valence-corrected chi connectivity index (χ3v) is 7.75. The van der Waals surface area contributed by atoms with Gasteiger partial charge in [-0.05, 0) is 49.2 Å². The van der Waals surface area contributed by atoms with E-state index >= 15 is 0 Å². The Morgan fingerprint density at radius 1 is 1.25 bits per heavy atom. The summed E-state index contributed by atoms with van der Waals surface area (Å²) in [6.45, 7) is 2.41. The number of nitrogens with zero attached hydrogens (tertiary/aromatic N) is 1. The summed E-state index contributed by atoms with van der Waals surface area (Å²) >= 11 is 3.48. The first-order chi connectivity index (χ1) is 13.4. The summed E-state index contributed by atoms with van der Waals surface area (Å²) in [5, 5.41) is 3.28. The van der Waals surface area contributed by atoms with E-state index < -0.39 is 22.1 Å². The van der Waals surface area contributed by atoms with Gasteiger partial charge in [-0.25, -0.2) is 13.2 Å². The van der Waals surface area contributed by atoms with Crippen molar-refractivity contribution in [3.8, 4) is 0 Å². The van der Waals surface area contributed by atoms with Gasteiger partial charge in [0.05, 0.1) is 17.5 Å². The predicted octanol–water partition coefficient (Wildman–Crippen LogP) is 3.56. The van der Waals surface area contributed by atoms with Gasteiger partial charge >= 0.3 is 5.97 Å². The first-order valence-corrected chi connectivity index (χ1v) is 11.5. The maximum atomic E-state index is 13.4. The van der Waals surface area contributed by atoms with Gasteiger partial charge in [-0.1, -0.05) is 34.1 Å². The van der Waals surface area contributed by atoms with Crippen molar-refractivity contribution in [2.24, 2.45) is 5.92 Å². The largest absolute Gasteiger partial charge is 0.464 e. The molecule has 2 aliphatic rings. The van der Waals surface area contributed by atoms with E-state index in [0.717, 1.165) is 15.7 Å². The number of esters is 1. The van der Waals surface area contributed by atoms with E-state index in [-0.39, 0.29) is 23.4 Å². The van der Waals surface area contributed by atoms with Crippen molar-refractivity contribution >= 4 is 37.6 Å². The highest BCUT2D eigenvalue weighted by Crippen LogP contribution is 2.49. The molecular formula is C20H21BrN2O4S. The van der Waals surface area contributed by atoms with Gasteiger partial charge < -0.3 is 10.1 Å². The van der Waals surface area contributed by atoms with E-state index in [4.69, 9.17) is 4.74 Å². The topological polar surface area (TPSA) is 75.7 Å². The van der Waals surface area contributed by atoms with Crippen LogP contribution in [0.25, 0.3) is 0 Å². The summed E-state index contributed by atoms with van der Waals surface area (Å²) in [4.78, 5) is 12.8. The molecule has 0 unspecified atom stereocenters. The fourth-order valence-electron chi connectivity index (χ4n) is 4.17. The molecule has 0 radical (unpaired) electrons. The standard InChI is InChI=1S/C20H21BrN2O4S/c1-2-27-20(24)18-15-10-11-23(28(25,26)14-6-4-3-5-7-14)19(15)16-12-13(21)8-9-17(16)22-18/h3-9,12,15,18-19,22H,2,10-11H2,1H3/t15-,18-,19-/m1/s1. The molecule has 0 amide bonds. The lowest BCUT2D eigenvalue weighted by atomic mass is 9.83. The maximum absolute atomic E-state index is 13.4. The van der Waals surface area contributed by atoms with Gasteiger partial charge in [0.1, 0.15) is 6.04 Å². The lowest BCUT2D eigenvalue weighted by Crippen LogP contribution is -2.45. The van der Waals surface area contributed by atoms with Gasteiger partial charge in [-0.2, -0.15) is 4.31 Å². The van der Waals surface area contributed by atoms with Gasteiger partial charge in [0, 0.05) is 22.6 Å². The van der Waals surface area contributed by atoms with E-state index in [1.165, 1.54) is 4.31 Å². The van der Waals surface area contributed by atoms with Gasteiger partial charge in [0.2, 0.25) is 10.0 Å². The molecule has 2 aromatic rings. The van der Waals surface area contributed by atoms with Crippen molar-refractivity contribution in [2.75, 3.05) is 18.5 Å². The molecule has 6 nitrogen and oxygen atoms in total. The molecule has 0 saturated carbocycles. The molecule has 28 heavy (non-hydrogen) atoms. The number of hydrogen-bond acceptors (Lipinski definition) is 5. The number of carbonyl (C=O) groups is 1. The Balaban J connectivity index is 1.80. The Bertz CT molecular complexity index is 997. The van der Waals surface area contributed by atoms with E-state index in [1.807, 2.05) is 18.2 Å². The summed E-state index contributed by atoms with van der Waals surface area (Å²) in [6.07, 6.45) is 0.583. The number of ether oxygens (including phenoxy) is 1. The van der Waals surface area contributed by atoms with Crippen LogP contribution >= 0.6 is 15.9 Å². The smallest absolute Gasteiger partial charge is 0.328 e. The first-order valence-electron chi connectivity index (χ1n) is 9.23. The third-order valence-electron chi connectivity index (χ3n) is 5.36. The SMILES string of the molecule is CCOC(=O)[C@@H]1Nc2ccc(Br)cc2[C@H]2[C@@H]1CCN2S(=O)(=O)c1ccccc1. The quantitative estimate of drug-likeness (QED) is 0.699. The molecule has 1 N–H and O–H groups in total. The Hall–Kier alpha value is -1.90. The van der Waals surface area contributed by atoms with Gasteiger partial charge in [-0.15, -0.1) is 0 Å². The number of nitrogens with one attached hydrogen (secondary N) is 1. The monoisotopic (exact) mass is 464 g/mol. The van der Waals surface area contributed by atoms with Crippen LogP contribution in [0.3, 0.4) is 0 Å². The molecule has 2 heterocycles. The Morgan fingerprint density at radius 2 is 2.00 bits per heavy atom. The second-order valence-electron chi connectivity index (χ2n) is 6.93. The van der Waals surface area contributed by atoms with Crippen molar-refractivity contribution in [3.05, 3.63) is 58.6 Å². The van der Waals surface area contributed by atoms with Crippen molar-refractivity contribution in [3.63, 3.8) is 0 Å². The summed E-state index contributed by atoms with van der Waals surface area (Å²) in [5.74, 6) is -0.538. The van der Waals surface area contributed by atoms with E-state index in [0.29, 0.717) is 13.0 Å². The highest BCUT2D eigenvalue weighted by Gasteiger charge is 2.51. The third kappa shape index (κ3) is 3.23. The summed E-state index contributed by atoms with van der Waals surface area (Å²) in [5.41, 5.74) is 1.63. The van der Waals surface area contributed by atoms with Crippen LogP contribution in [-0.4, -0.2) is 37.9 Å². The molecule has 0 spiro atoms. The fourth-order valence-corrected chi connectivity index (χ4v) is 6.23. The second-order valence-corrected chi connectivity index (χ2v) is 9.74. The van der Waals surface area contributed by atoms with Crippen molar-refractivity contribution < 1.29 is 17.9 Å². The molecule has 0 aliphatic carbocycles. The number of rotatable bonds is 4. The minimum absolute atomic E-state index is 0.195. The first kappa shape index (κ1) is 19.4. The van der Waals surface area contributed by atoms with Crippen molar-refractivity contribution in [1.82, 2.24) is 4.31 Å². The average Bonchev–Trinajstić information content (AvgIpc) is 3.14. The summed E-state index contributed by atoms with van der Waals surface area (Å²) < 4.78 is 34.4. The molecular weight excluding hydrogens is 444 g/mol. The molecule has 0 bridgehead atoms. The number of anilines is 1. The van der Waals surface area contributed by atoms with E-state index in [1.54, 1.807) is 37.3 Å². The number of halogens is 1. The van der Waals surface area contributed by atoms with Crippen LogP contribution in [-0.2, 0) is 19.6 Å². The van der Waals surface area contributed by atoms with Crippen LogP contribution < -0.4 is 5.32 Å². The number of benzene rings is 2. The van der Waals surface area contributed by atoms with E-state index in [9.17, 15) is 13.2 Å². The summed E-state index contributed by atoms with van der Waals surface area (Å²) in [7, 11) is -3.69. The lowest BCUT2D eigenvalue weighted by molar-refractivity contribution is -0.145.